The maximum absolute atomic E-state index is 12.8. The molecule has 4 rings (SSSR count). The lowest BCUT2D eigenvalue weighted by atomic mass is 10.3. The summed E-state index contributed by atoms with van der Waals surface area (Å²) in [6.45, 7) is 1.93. The van der Waals surface area contributed by atoms with E-state index in [0.717, 1.165) is 22.8 Å². The zero-order chi connectivity index (χ0) is 19.7. The van der Waals surface area contributed by atoms with Gasteiger partial charge in [-0.25, -0.2) is 13.4 Å². The van der Waals surface area contributed by atoms with Gasteiger partial charge in [0.25, 0.3) is 10.0 Å². The van der Waals surface area contributed by atoms with Gasteiger partial charge in [-0.15, -0.1) is 0 Å². The monoisotopic (exact) mass is 433 g/mol. The minimum Gasteiger partial charge on any atom is -0.302 e. The molecular weight excluding hydrogens is 418 g/mol. The third-order valence-corrected chi connectivity index (χ3v) is 6.81. The maximum Gasteiger partial charge on any atom is 0.264 e. The molecule has 4 aromatic rings. The molecule has 0 unspecified atom stereocenters. The average molecular weight is 434 g/mol. The molecule has 0 radical (unpaired) electrons. The number of carbonyl (C=O) groups is 1. The highest BCUT2D eigenvalue weighted by Gasteiger charge is 2.20. The van der Waals surface area contributed by atoms with Crippen molar-refractivity contribution in [2.45, 2.75) is 24.7 Å². The van der Waals surface area contributed by atoms with Crippen LogP contribution in [0.3, 0.4) is 0 Å². The number of fused-ring (bicyclic) bond motifs is 2. The van der Waals surface area contributed by atoms with Gasteiger partial charge in [0.15, 0.2) is 5.13 Å². The fraction of sp³-hybridized carbons (Fsp3) is 0.176. The molecule has 0 aliphatic heterocycles. The molecule has 8 nitrogen and oxygen atoms in total. The van der Waals surface area contributed by atoms with E-state index in [4.69, 9.17) is 0 Å². The minimum absolute atomic E-state index is 0.0737. The molecule has 11 heteroatoms. The molecule has 0 atom stereocenters. The molecule has 0 saturated carbocycles. The van der Waals surface area contributed by atoms with Gasteiger partial charge in [-0.1, -0.05) is 24.3 Å². The van der Waals surface area contributed by atoms with Crippen LogP contribution in [0.2, 0.25) is 0 Å². The van der Waals surface area contributed by atoms with Crippen molar-refractivity contribution >= 4 is 71.1 Å². The Kier molecular flexibility index (Phi) is 4.96. The summed E-state index contributed by atoms with van der Waals surface area (Å²) in [4.78, 5) is 16.2. The second kappa shape index (κ2) is 7.41. The van der Waals surface area contributed by atoms with Crippen molar-refractivity contribution in [2.75, 3.05) is 10.0 Å². The van der Waals surface area contributed by atoms with Gasteiger partial charge in [0, 0.05) is 6.42 Å². The number of hydrogen-bond donors (Lipinski definition) is 2. The second-order valence-electron chi connectivity index (χ2n) is 5.99. The first-order valence-corrected chi connectivity index (χ1v) is 11.4. The number of nitrogens with zero attached hydrogens (tertiary/aromatic N) is 3. The number of sulfonamides is 1. The molecule has 1 amide bonds. The van der Waals surface area contributed by atoms with E-state index in [9.17, 15) is 13.2 Å². The zero-order valence-corrected chi connectivity index (χ0v) is 17.1. The summed E-state index contributed by atoms with van der Waals surface area (Å²) in [6.07, 6.45) is 1.18. The Bertz CT molecular complexity index is 1280. The van der Waals surface area contributed by atoms with E-state index < -0.39 is 10.0 Å². The van der Waals surface area contributed by atoms with E-state index in [2.05, 4.69) is 23.8 Å². The van der Waals surface area contributed by atoms with Crippen molar-refractivity contribution in [3.63, 3.8) is 0 Å². The Morgan fingerprint density at radius 3 is 2.82 bits per heavy atom. The van der Waals surface area contributed by atoms with Gasteiger partial charge in [-0.05, 0) is 36.8 Å². The molecule has 2 N–H and O–H groups in total. The highest BCUT2D eigenvalue weighted by molar-refractivity contribution is 7.93. The Morgan fingerprint density at radius 1 is 1.14 bits per heavy atom. The smallest absolute Gasteiger partial charge is 0.264 e. The summed E-state index contributed by atoms with van der Waals surface area (Å²) >= 11 is 2.31. The lowest BCUT2D eigenvalue weighted by Gasteiger charge is -2.08. The molecule has 2 aromatic heterocycles. The number of nitrogens with one attached hydrogen (secondary N) is 2. The van der Waals surface area contributed by atoms with Crippen LogP contribution in [0, 0.1) is 0 Å². The molecule has 0 fully saturated rings. The van der Waals surface area contributed by atoms with E-state index in [1.165, 1.54) is 17.4 Å². The largest absolute Gasteiger partial charge is 0.302 e. The van der Waals surface area contributed by atoms with E-state index in [1.54, 1.807) is 30.3 Å². The first kappa shape index (κ1) is 18.7. The van der Waals surface area contributed by atoms with Crippen molar-refractivity contribution in [1.29, 1.82) is 0 Å². The van der Waals surface area contributed by atoms with Crippen LogP contribution in [0.4, 0.5) is 10.8 Å². The summed E-state index contributed by atoms with van der Waals surface area (Å²) < 4.78 is 37.2. The second-order valence-corrected chi connectivity index (χ2v) is 9.20. The molecule has 0 bridgehead atoms. The molecule has 0 saturated heterocycles. The Balaban J connectivity index is 1.62. The van der Waals surface area contributed by atoms with Crippen LogP contribution in [-0.4, -0.2) is 28.1 Å². The van der Waals surface area contributed by atoms with Gasteiger partial charge in [-0.2, -0.15) is 8.75 Å². The lowest BCUT2D eigenvalue weighted by Crippen LogP contribution is -2.13. The van der Waals surface area contributed by atoms with Gasteiger partial charge in [0.2, 0.25) is 5.91 Å². The summed E-state index contributed by atoms with van der Waals surface area (Å²) in [6, 6.07) is 9.91. The molecular formula is C17H15N5O3S3. The van der Waals surface area contributed by atoms with Gasteiger partial charge < -0.3 is 5.32 Å². The number of amides is 1. The summed E-state index contributed by atoms with van der Waals surface area (Å²) in [5.41, 5.74) is 1.86. The van der Waals surface area contributed by atoms with Gasteiger partial charge in [0.1, 0.15) is 15.9 Å². The van der Waals surface area contributed by atoms with Crippen LogP contribution < -0.4 is 10.0 Å². The van der Waals surface area contributed by atoms with Crippen LogP contribution in [0.5, 0.6) is 0 Å². The van der Waals surface area contributed by atoms with E-state index >= 15 is 0 Å². The van der Waals surface area contributed by atoms with Gasteiger partial charge in [0.05, 0.1) is 27.6 Å². The van der Waals surface area contributed by atoms with Crippen molar-refractivity contribution < 1.29 is 13.2 Å². The highest BCUT2D eigenvalue weighted by atomic mass is 32.2. The van der Waals surface area contributed by atoms with E-state index in [-0.39, 0.29) is 10.8 Å². The fourth-order valence-corrected chi connectivity index (χ4v) is 5.34. The van der Waals surface area contributed by atoms with Crippen molar-refractivity contribution in [2.24, 2.45) is 0 Å². The van der Waals surface area contributed by atoms with Crippen molar-refractivity contribution in [3.05, 3.63) is 36.4 Å². The third kappa shape index (κ3) is 3.68. The number of thiazole rings is 1. The van der Waals surface area contributed by atoms with Crippen LogP contribution >= 0.6 is 23.1 Å². The normalized spacial score (nSPS) is 11.8. The summed E-state index contributed by atoms with van der Waals surface area (Å²) in [5.74, 6) is -0.0903. The van der Waals surface area contributed by atoms with Crippen LogP contribution in [0.25, 0.3) is 21.3 Å². The standard InChI is InChI=1S/C17H15N5O3S3/c1-2-4-15(23)19-17-18-12-9-10(7-8-13(12)26-17)22-28(24,25)14-6-3-5-11-16(14)21-27-20-11/h3,5-9,22H,2,4H2,1H3,(H,18,19,23). The molecule has 0 spiro atoms. The van der Waals surface area contributed by atoms with Gasteiger partial charge in [-0.3, -0.25) is 9.52 Å². The number of aromatic nitrogens is 3. The number of hydrogen-bond acceptors (Lipinski definition) is 8. The Hall–Kier alpha value is -2.63. The third-order valence-electron chi connectivity index (χ3n) is 3.90. The highest BCUT2D eigenvalue weighted by Crippen LogP contribution is 2.30. The van der Waals surface area contributed by atoms with Crippen LogP contribution in [0.1, 0.15) is 19.8 Å². The quantitative estimate of drug-likeness (QED) is 0.477. The fourth-order valence-electron chi connectivity index (χ4n) is 2.66. The molecule has 144 valence electrons. The molecule has 0 aliphatic rings. The van der Waals surface area contributed by atoms with Gasteiger partial charge >= 0.3 is 0 Å². The maximum atomic E-state index is 12.8. The molecule has 28 heavy (non-hydrogen) atoms. The lowest BCUT2D eigenvalue weighted by molar-refractivity contribution is -0.116. The first-order valence-electron chi connectivity index (χ1n) is 8.41. The number of carbonyl (C=O) groups excluding carboxylic acids is 1. The Morgan fingerprint density at radius 2 is 2.00 bits per heavy atom. The van der Waals surface area contributed by atoms with Crippen molar-refractivity contribution in [1.82, 2.24) is 13.7 Å². The predicted molar refractivity (Wildman–Crippen MR) is 111 cm³/mol. The Labute approximate surface area is 169 Å². The zero-order valence-electron chi connectivity index (χ0n) is 14.7. The van der Waals surface area contributed by atoms with Crippen LogP contribution in [-0.2, 0) is 14.8 Å². The minimum atomic E-state index is -3.84. The molecule has 2 heterocycles. The first-order chi connectivity index (χ1) is 13.5. The van der Waals surface area contributed by atoms with E-state index in [1.807, 2.05) is 6.92 Å². The average Bonchev–Trinajstić information content (AvgIpc) is 3.26. The number of anilines is 2. The SMILES string of the molecule is CCCC(=O)Nc1nc2cc(NS(=O)(=O)c3cccc4nsnc34)ccc2s1. The summed E-state index contributed by atoms with van der Waals surface area (Å²) in [5, 5.41) is 3.25. The topological polar surface area (TPSA) is 114 Å². The number of benzene rings is 2. The van der Waals surface area contributed by atoms with Crippen molar-refractivity contribution in [3.8, 4) is 0 Å². The number of rotatable bonds is 6. The predicted octanol–water partition coefficient (Wildman–Crippen LogP) is 3.84. The molecule has 2 aromatic carbocycles. The summed E-state index contributed by atoms with van der Waals surface area (Å²) in [7, 11) is -3.84. The van der Waals surface area contributed by atoms with Crippen LogP contribution in [0.15, 0.2) is 41.3 Å². The molecule has 0 aliphatic carbocycles. The van der Waals surface area contributed by atoms with E-state index in [0.29, 0.717) is 33.8 Å².